The van der Waals surface area contributed by atoms with E-state index in [1.165, 1.54) is 65.2 Å². The van der Waals surface area contributed by atoms with Crippen molar-refractivity contribution >= 4 is 54.7 Å². The smallest absolute Gasteiger partial charge is 0.123 e. The molecule has 0 aliphatic carbocycles. The summed E-state index contributed by atoms with van der Waals surface area (Å²) in [4.78, 5) is 2.84. The normalized spacial score (nSPS) is 13.6. The lowest BCUT2D eigenvalue weighted by molar-refractivity contribution is 0.625. The first-order chi connectivity index (χ1) is 14.2. The van der Waals surface area contributed by atoms with E-state index < -0.39 is 0 Å². The van der Waals surface area contributed by atoms with E-state index >= 15 is 0 Å². The predicted octanol–water partition coefficient (Wildman–Crippen LogP) is 7.78. The van der Waals surface area contributed by atoms with Crippen molar-refractivity contribution in [3.63, 3.8) is 0 Å². The van der Waals surface area contributed by atoms with Crippen LogP contribution in [0.15, 0.2) is 71.6 Å². The molecule has 3 heteroatoms. The Morgan fingerprint density at radius 2 is 1.62 bits per heavy atom. The lowest BCUT2D eigenvalue weighted by Crippen LogP contribution is -1.89. The van der Waals surface area contributed by atoms with Gasteiger partial charge in [-0.1, -0.05) is 36.4 Å². The van der Waals surface area contributed by atoms with Crippen LogP contribution < -0.4 is 0 Å². The quantitative estimate of drug-likeness (QED) is 0.272. The number of halogens is 1. The Labute approximate surface area is 177 Å². The molecule has 0 radical (unpaired) electrons. The molecular formula is C26H19FS2. The van der Waals surface area contributed by atoms with Crippen molar-refractivity contribution in [2.75, 3.05) is 5.75 Å². The van der Waals surface area contributed by atoms with Crippen molar-refractivity contribution in [1.82, 2.24) is 0 Å². The van der Waals surface area contributed by atoms with Gasteiger partial charge in [0.1, 0.15) is 5.82 Å². The van der Waals surface area contributed by atoms with Gasteiger partial charge in [0.05, 0.1) is 0 Å². The molecule has 0 saturated heterocycles. The number of aryl methyl sites for hydroxylation is 3. The second-order valence-electron chi connectivity index (χ2n) is 7.77. The number of hydrogen-bond donors (Lipinski definition) is 0. The number of hydrogen-bond acceptors (Lipinski definition) is 2. The number of thiophene rings is 1. The first-order valence-corrected chi connectivity index (χ1v) is 11.8. The van der Waals surface area contributed by atoms with E-state index in [9.17, 15) is 4.39 Å². The topological polar surface area (TPSA) is 0 Å². The van der Waals surface area contributed by atoms with E-state index in [4.69, 9.17) is 0 Å². The van der Waals surface area contributed by atoms with Crippen LogP contribution in [0.5, 0.6) is 0 Å². The van der Waals surface area contributed by atoms with Gasteiger partial charge < -0.3 is 0 Å². The van der Waals surface area contributed by atoms with Gasteiger partial charge in [-0.3, -0.25) is 0 Å². The largest absolute Gasteiger partial charge is 0.207 e. The lowest BCUT2D eigenvalue weighted by atomic mass is 10.00. The molecule has 0 spiro atoms. The molecule has 0 atom stereocenters. The minimum Gasteiger partial charge on any atom is -0.207 e. The number of benzene rings is 4. The fraction of sp³-hybridized carbons (Fsp3) is 0.154. The molecule has 0 amide bonds. The molecule has 0 bridgehead atoms. The zero-order valence-electron chi connectivity index (χ0n) is 15.9. The third kappa shape index (κ3) is 3.04. The zero-order chi connectivity index (χ0) is 19.4. The molecule has 1 aliphatic rings. The molecule has 1 aliphatic heterocycles. The maximum absolute atomic E-state index is 13.4. The van der Waals surface area contributed by atoms with Crippen LogP contribution in [0.1, 0.15) is 16.0 Å². The maximum Gasteiger partial charge on any atom is 0.123 e. The predicted molar refractivity (Wildman–Crippen MR) is 125 cm³/mol. The van der Waals surface area contributed by atoms with Crippen molar-refractivity contribution in [3.05, 3.63) is 88.6 Å². The summed E-state index contributed by atoms with van der Waals surface area (Å²) in [5, 5.41) is 6.73. The Bertz CT molecular complexity index is 1400. The highest BCUT2D eigenvalue weighted by molar-refractivity contribution is 7.99. The van der Waals surface area contributed by atoms with Gasteiger partial charge in [0.2, 0.25) is 0 Å². The minimum absolute atomic E-state index is 0.152. The zero-order valence-corrected chi connectivity index (χ0v) is 17.5. The van der Waals surface area contributed by atoms with Gasteiger partial charge in [-0.15, -0.1) is 23.1 Å². The third-order valence-electron chi connectivity index (χ3n) is 5.89. The Morgan fingerprint density at radius 1 is 0.793 bits per heavy atom. The number of fused-ring (bicyclic) bond motifs is 6. The SMILES string of the molecule is Fc1cccc(CCc2cc3ccc4cc5c6c(ccc5cc4c3s2)CCS6)c1. The van der Waals surface area contributed by atoms with Crippen LogP contribution in [0.25, 0.3) is 31.6 Å². The summed E-state index contributed by atoms with van der Waals surface area (Å²) in [7, 11) is 0. The summed E-state index contributed by atoms with van der Waals surface area (Å²) >= 11 is 3.88. The Kier molecular flexibility index (Phi) is 4.14. The van der Waals surface area contributed by atoms with Crippen LogP contribution in [0.4, 0.5) is 4.39 Å². The molecule has 5 aromatic rings. The molecule has 0 nitrogen and oxygen atoms in total. The van der Waals surface area contributed by atoms with Crippen LogP contribution in [0.3, 0.4) is 0 Å². The first-order valence-electron chi connectivity index (χ1n) is 10.0. The molecule has 6 rings (SSSR count). The average Bonchev–Trinajstić information content (AvgIpc) is 3.38. The van der Waals surface area contributed by atoms with Crippen molar-refractivity contribution in [2.24, 2.45) is 0 Å². The number of rotatable bonds is 3. The molecular weight excluding hydrogens is 395 g/mol. The van der Waals surface area contributed by atoms with Crippen molar-refractivity contribution < 1.29 is 4.39 Å². The number of thioether (sulfide) groups is 1. The van der Waals surface area contributed by atoms with Crippen LogP contribution in [0.2, 0.25) is 0 Å². The van der Waals surface area contributed by atoms with Crippen molar-refractivity contribution in [1.29, 1.82) is 0 Å². The molecule has 0 fully saturated rings. The molecule has 2 heterocycles. The molecule has 142 valence electrons. The first kappa shape index (κ1) is 17.5. The van der Waals surface area contributed by atoms with Gasteiger partial charge in [0, 0.05) is 25.6 Å². The van der Waals surface area contributed by atoms with Crippen LogP contribution in [-0.4, -0.2) is 5.75 Å². The second-order valence-corrected chi connectivity index (χ2v) is 10.0. The van der Waals surface area contributed by atoms with Crippen molar-refractivity contribution in [3.8, 4) is 0 Å². The van der Waals surface area contributed by atoms with Gasteiger partial charge in [0.25, 0.3) is 0 Å². The van der Waals surface area contributed by atoms with Crippen LogP contribution >= 0.6 is 23.1 Å². The summed E-state index contributed by atoms with van der Waals surface area (Å²) < 4.78 is 14.8. The van der Waals surface area contributed by atoms with E-state index in [1.807, 2.05) is 29.2 Å². The van der Waals surface area contributed by atoms with Gasteiger partial charge >= 0.3 is 0 Å². The summed E-state index contributed by atoms with van der Waals surface area (Å²) in [6.07, 6.45) is 3.00. The summed E-state index contributed by atoms with van der Waals surface area (Å²) in [5.41, 5.74) is 2.56. The molecule has 29 heavy (non-hydrogen) atoms. The van der Waals surface area contributed by atoms with E-state index in [0.29, 0.717) is 0 Å². The van der Waals surface area contributed by atoms with E-state index in [2.05, 4.69) is 42.5 Å². The van der Waals surface area contributed by atoms with E-state index in [1.54, 1.807) is 12.1 Å². The van der Waals surface area contributed by atoms with E-state index in [0.717, 1.165) is 18.4 Å². The molecule has 0 saturated carbocycles. The highest BCUT2D eigenvalue weighted by Crippen LogP contribution is 2.41. The summed E-state index contributed by atoms with van der Waals surface area (Å²) in [6, 6.07) is 23.1. The third-order valence-corrected chi connectivity index (χ3v) is 8.31. The van der Waals surface area contributed by atoms with Crippen molar-refractivity contribution in [2.45, 2.75) is 24.2 Å². The van der Waals surface area contributed by atoms with Gasteiger partial charge in [-0.2, -0.15) is 0 Å². The maximum atomic E-state index is 13.4. The van der Waals surface area contributed by atoms with Gasteiger partial charge in [-0.25, -0.2) is 4.39 Å². The Hall–Kier alpha value is -2.36. The molecule has 1 aromatic heterocycles. The molecule has 0 unspecified atom stereocenters. The van der Waals surface area contributed by atoms with Gasteiger partial charge in [0.15, 0.2) is 0 Å². The van der Waals surface area contributed by atoms with E-state index in [-0.39, 0.29) is 5.82 Å². The molecule has 0 N–H and O–H groups in total. The standard InChI is InChI=1S/C26H19FS2/c27-21-3-1-2-16(12-21)4-9-22-13-20-8-7-19-14-23-18(15-24(19)26(20)29-22)6-5-17-10-11-28-25(17)23/h1-3,5-8,12-15H,4,9-11H2. The van der Waals surface area contributed by atoms with Crippen LogP contribution in [-0.2, 0) is 19.3 Å². The summed E-state index contributed by atoms with van der Waals surface area (Å²) in [5.74, 6) is 1.05. The van der Waals surface area contributed by atoms with Crippen LogP contribution in [0, 0.1) is 5.82 Å². The highest BCUT2D eigenvalue weighted by atomic mass is 32.2. The fourth-order valence-electron chi connectivity index (χ4n) is 4.43. The fourth-order valence-corrected chi connectivity index (χ4v) is 6.82. The highest BCUT2D eigenvalue weighted by Gasteiger charge is 2.16. The summed E-state index contributed by atoms with van der Waals surface area (Å²) in [6.45, 7) is 0. The Balaban J connectivity index is 1.43. The lowest BCUT2D eigenvalue weighted by Gasteiger charge is -2.08. The second kappa shape index (κ2) is 6.86. The monoisotopic (exact) mass is 414 g/mol. The minimum atomic E-state index is -0.152. The van der Waals surface area contributed by atoms with Gasteiger partial charge in [-0.05, 0) is 82.3 Å². The molecule has 4 aromatic carbocycles. The average molecular weight is 415 g/mol. The Morgan fingerprint density at radius 3 is 2.55 bits per heavy atom.